The van der Waals surface area contributed by atoms with Gasteiger partial charge in [-0.15, -0.1) is 0 Å². The molecule has 1 fully saturated rings. The van der Waals surface area contributed by atoms with Crippen LogP contribution in [0.2, 0.25) is 0 Å². The fourth-order valence-corrected chi connectivity index (χ4v) is 2.99. The van der Waals surface area contributed by atoms with E-state index in [4.69, 9.17) is 14.4 Å². The molecule has 1 atom stereocenters. The normalized spacial score (nSPS) is 26.2. The van der Waals surface area contributed by atoms with Gasteiger partial charge in [0.15, 0.2) is 5.75 Å². The van der Waals surface area contributed by atoms with E-state index in [1.54, 1.807) is 0 Å². The largest absolute Gasteiger partial charge is 0.371 e. The lowest BCUT2D eigenvalue weighted by molar-refractivity contribution is 0.00952. The number of hydrogen-bond donors (Lipinski definition) is 2. The molecule has 3 aliphatic rings. The summed E-state index contributed by atoms with van der Waals surface area (Å²) in [6.45, 7) is 1.60. The molecular formula is C13H16N2O3. The Hall–Kier alpha value is -1.30. The zero-order chi connectivity index (χ0) is 12.2. The molecular weight excluding hydrogens is 232 g/mol. The molecule has 0 radical (unpaired) electrons. The minimum atomic E-state index is 0.0367. The van der Waals surface area contributed by atoms with Gasteiger partial charge < -0.3 is 19.7 Å². The third-order valence-corrected chi connectivity index (χ3v) is 4.15. The molecule has 0 bridgehead atoms. The summed E-state index contributed by atoms with van der Waals surface area (Å²) >= 11 is 0. The van der Waals surface area contributed by atoms with Crippen LogP contribution in [-0.4, -0.2) is 20.2 Å². The van der Waals surface area contributed by atoms with Crippen LogP contribution in [0.15, 0.2) is 12.1 Å². The smallest absolute Gasteiger partial charge is 0.202 e. The van der Waals surface area contributed by atoms with Gasteiger partial charge in [-0.05, 0) is 31.5 Å². The molecule has 1 saturated carbocycles. The summed E-state index contributed by atoms with van der Waals surface area (Å²) in [6, 6.07) is 4.15. The first-order chi connectivity index (χ1) is 8.84. The molecule has 1 unspecified atom stereocenters. The van der Waals surface area contributed by atoms with Crippen LogP contribution in [0.5, 0.6) is 11.5 Å². The maximum atomic E-state index is 6.02. The zero-order valence-electron chi connectivity index (χ0n) is 10.3. The van der Waals surface area contributed by atoms with E-state index in [-0.39, 0.29) is 11.5 Å². The molecule has 1 aromatic rings. The molecule has 2 N–H and O–H groups in total. The number of nitrogens with one attached hydrogen (secondary N) is 2. The number of rotatable bonds is 2. The van der Waals surface area contributed by atoms with Crippen molar-refractivity contribution in [1.82, 2.24) is 11.0 Å². The number of benzene rings is 1. The summed E-state index contributed by atoms with van der Waals surface area (Å²) in [5.41, 5.74) is 5.23. The van der Waals surface area contributed by atoms with Crippen molar-refractivity contribution >= 4 is 0 Å². The molecule has 1 spiro atoms. The predicted octanol–water partition coefficient (Wildman–Crippen LogP) is 1.20. The first-order valence-electron chi connectivity index (χ1n) is 6.36. The van der Waals surface area contributed by atoms with E-state index >= 15 is 0 Å². The molecule has 18 heavy (non-hydrogen) atoms. The molecule has 0 saturated heterocycles. The molecule has 5 nitrogen and oxygen atoms in total. The fourth-order valence-electron chi connectivity index (χ4n) is 2.99. The lowest BCUT2D eigenvalue weighted by Crippen LogP contribution is -2.31. The van der Waals surface area contributed by atoms with E-state index in [0.29, 0.717) is 0 Å². The van der Waals surface area contributed by atoms with Gasteiger partial charge in [0.05, 0.1) is 12.7 Å². The van der Waals surface area contributed by atoms with Crippen molar-refractivity contribution in [2.45, 2.75) is 24.4 Å². The van der Waals surface area contributed by atoms with E-state index < -0.39 is 0 Å². The van der Waals surface area contributed by atoms with E-state index in [1.165, 1.54) is 18.4 Å². The van der Waals surface area contributed by atoms with Crippen LogP contribution in [0.1, 0.15) is 30.1 Å². The summed E-state index contributed by atoms with van der Waals surface area (Å²) in [4.78, 5) is 10.6. The predicted molar refractivity (Wildman–Crippen MR) is 64.4 cm³/mol. The molecule has 96 valence electrons. The third kappa shape index (κ3) is 1.32. The summed E-state index contributed by atoms with van der Waals surface area (Å²) in [5.74, 6) is 1.54. The second-order valence-electron chi connectivity index (χ2n) is 5.28. The van der Waals surface area contributed by atoms with Crippen LogP contribution in [-0.2, 0) is 10.2 Å². The molecule has 2 heterocycles. The van der Waals surface area contributed by atoms with E-state index in [0.717, 1.165) is 30.2 Å². The van der Waals surface area contributed by atoms with Crippen molar-refractivity contribution < 1.29 is 14.4 Å². The van der Waals surface area contributed by atoms with Crippen molar-refractivity contribution in [3.05, 3.63) is 23.3 Å². The molecule has 0 aromatic heterocycles. The topological polar surface area (TPSA) is 51.8 Å². The molecule has 0 amide bonds. The van der Waals surface area contributed by atoms with Crippen LogP contribution >= 0.6 is 0 Å². The Morgan fingerprint density at radius 1 is 1.39 bits per heavy atom. The first kappa shape index (κ1) is 10.6. The monoisotopic (exact) mass is 248 g/mol. The van der Waals surface area contributed by atoms with Gasteiger partial charge in [-0.2, -0.15) is 0 Å². The second-order valence-corrected chi connectivity index (χ2v) is 5.28. The molecule has 1 aliphatic carbocycles. The van der Waals surface area contributed by atoms with Crippen LogP contribution in [0.3, 0.4) is 0 Å². The standard InChI is InChI=1S/C13H16N2O3/c1-14-6-10-11-8(13(4-5-13)7-16-10)2-3-9-12(11)18-15-17-9/h2-3,10,14-15H,4-7H2,1H3. The Morgan fingerprint density at radius 3 is 3.06 bits per heavy atom. The van der Waals surface area contributed by atoms with Crippen molar-refractivity contribution in [3.8, 4) is 11.5 Å². The number of likely N-dealkylation sites (N-methyl/N-ethyl adjacent to an activating group) is 1. The van der Waals surface area contributed by atoms with E-state index in [1.807, 2.05) is 13.1 Å². The quantitative estimate of drug-likeness (QED) is 0.823. The van der Waals surface area contributed by atoms with Gasteiger partial charge >= 0.3 is 0 Å². The van der Waals surface area contributed by atoms with Crippen LogP contribution in [0.4, 0.5) is 0 Å². The van der Waals surface area contributed by atoms with Crippen molar-refractivity contribution in [3.63, 3.8) is 0 Å². The van der Waals surface area contributed by atoms with E-state index in [2.05, 4.69) is 17.0 Å². The van der Waals surface area contributed by atoms with Crippen LogP contribution < -0.4 is 20.6 Å². The average Bonchev–Trinajstić information content (AvgIpc) is 3.00. The molecule has 5 heteroatoms. The molecule has 4 rings (SSSR count). The summed E-state index contributed by atoms with van der Waals surface area (Å²) in [7, 11) is 1.93. The van der Waals surface area contributed by atoms with Gasteiger partial charge in [-0.3, -0.25) is 0 Å². The third-order valence-electron chi connectivity index (χ3n) is 4.15. The summed E-state index contributed by atoms with van der Waals surface area (Å²) in [6.07, 6.45) is 2.45. The van der Waals surface area contributed by atoms with Gasteiger partial charge in [0, 0.05) is 23.2 Å². The van der Waals surface area contributed by atoms with Crippen molar-refractivity contribution in [2.24, 2.45) is 0 Å². The van der Waals surface area contributed by atoms with Gasteiger partial charge in [0.25, 0.3) is 0 Å². The Labute approximate surface area is 105 Å². The number of fused-ring (bicyclic) bond motifs is 4. The highest BCUT2D eigenvalue weighted by molar-refractivity contribution is 5.57. The van der Waals surface area contributed by atoms with Gasteiger partial charge in [0.2, 0.25) is 5.75 Å². The zero-order valence-corrected chi connectivity index (χ0v) is 10.3. The highest BCUT2D eigenvalue weighted by Crippen LogP contribution is 2.57. The Balaban J connectivity index is 1.87. The number of hydrogen-bond acceptors (Lipinski definition) is 5. The minimum Gasteiger partial charge on any atom is -0.371 e. The van der Waals surface area contributed by atoms with Gasteiger partial charge in [-0.25, -0.2) is 0 Å². The van der Waals surface area contributed by atoms with Gasteiger partial charge in [-0.1, -0.05) is 6.07 Å². The summed E-state index contributed by atoms with van der Waals surface area (Å²) in [5, 5.41) is 3.18. The van der Waals surface area contributed by atoms with Crippen molar-refractivity contribution in [2.75, 3.05) is 20.2 Å². The average molecular weight is 248 g/mol. The van der Waals surface area contributed by atoms with Crippen LogP contribution in [0, 0.1) is 0 Å². The fraction of sp³-hybridized carbons (Fsp3) is 0.538. The molecule has 2 aliphatic heterocycles. The second kappa shape index (κ2) is 3.60. The van der Waals surface area contributed by atoms with Crippen molar-refractivity contribution in [1.29, 1.82) is 0 Å². The Morgan fingerprint density at radius 2 is 2.28 bits per heavy atom. The highest BCUT2D eigenvalue weighted by Gasteiger charge is 2.51. The minimum absolute atomic E-state index is 0.0367. The van der Waals surface area contributed by atoms with E-state index in [9.17, 15) is 0 Å². The maximum Gasteiger partial charge on any atom is 0.202 e. The SMILES string of the molecule is CNCC1OCC2(CC2)c2ccc3c(c21)ONO3. The maximum absolute atomic E-state index is 6.02. The molecule has 1 aromatic carbocycles. The van der Waals surface area contributed by atoms with Crippen LogP contribution in [0.25, 0.3) is 0 Å². The summed E-state index contributed by atoms with van der Waals surface area (Å²) < 4.78 is 6.02. The number of ether oxygens (including phenoxy) is 1. The Kier molecular flexibility index (Phi) is 2.12. The Bertz CT molecular complexity index is 499. The first-order valence-corrected chi connectivity index (χ1v) is 6.36. The van der Waals surface area contributed by atoms with Gasteiger partial charge in [0.1, 0.15) is 0 Å². The lowest BCUT2D eigenvalue weighted by Gasteiger charge is -2.32. The highest BCUT2D eigenvalue weighted by atomic mass is 16.9. The lowest BCUT2D eigenvalue weighted by atomic mass is 9.86.